The monoisotopic (exact) mass is 436 g/mol. The average Bonchev–Trinajstić information content (AvgIpc) is 2.71. The fraction of sp³-hybridized carbons (Fsp3) is 0.476. The molecule has 2 aliphatic rings. The Morgan fingerprint density at radius 2 is 1.68 bits per heavy atom. The number of carbonyl (C=O) groups excluding carboxylic acids is 1. The van der Waals surface area contributed by atoms with E-state index in [4.69, 9.17) is 14.2 Å². The number of aliphatic hydroxyl groups is 4. The number of aromatic hydroxyl groups is 2. The van der Waals surface area contributed by atoms with Crippen LogP contribution in [0.3, 0.4) is 0 Å². The summed E-state index contributed by atoms with van der Waals surface area (Å²) in [5.41, 5.74) is 0.528. The summed E-state index contributed by atoms with van der Waals surface area (Å²) in [6.07, 6.45) is -8.91. The van der Waals surface area contributed by atoms with Crippen molar-refractivity contribution in [3.63, 3.8) is 0 Å². The van der Waals surface area contributed by atoms with Gasteiger partial charge in [-0.15, -0.1) is 0 Å². The lowest BCUT2D eigenvalue weighted by Crippen LogP contribution is -2.60. The highest BCUT2D eigenvalue weighted by atomic mass is 16.7. The molecule has 1 saturated heterocycles. The summed E-state index contributed by atoms with van der Waals surface area (Å²) >= 11 is 0. The Kier molecular flexibility index (Phi) is 5.54. The molecule has 2 aliphatic heterocycles. The lowest BCUT2D eigenvalue weighted by atomic mass is 9.89. The number of benzene rings is 2. The molecular weight excluding hydrogens is 412 g/mol. The normalized spacial score (nSPS) is 33.4. The largest absolute Gasteiger partial charge is 0.508 e. The molecule has 6 N–H and O–H groups in total. The first-order valence-electron chi connectivity index (χ1n) is 9.83. The topological polar surface area (TPSA) is 166 Å². The van der Waals surface area contributed by atoms with Gasteiger partial charge >= 0.3 is 0 Å². The van der Waals surface area contributed by atoms with Crippen molar-refractivity contribution in [3.8, 4) is 17.2 Å². The lowest BCUT2D eigenvalue weighted by molar-refractivity contribution is -0.277. The molecule has 10 nitrogen and oxygen atoms in total. The quantitative estimate of drug-likeness (QED) is 0.388. The van der Waals surface area contributed by atoms with Crippen LogP contribution in [0.1, 0.15) is 35.9 Å². The number of hydrogen-bond donors (Lipinski definition) is 6. The molecule has 0 spiro atoms. The van der Waals surface area contributed by atoms with Crippen LogP contribution in [-0.4, -0.2) is 79.8 Å². The molecule has 0 amide bonds. The van der Waals surface area contributed by atoms with Gasteiger partial charge in [0.2, 0.25) is 6.29 Å². The van der Waals surface area contributed by atoms with Crippen LogP contribution in [0, 0.1) is 0 Å². The predicted octanol–water partition coefficient (Wildman–Crippen LogP) is 0.0921. The minimum atomic E-state index is -1.68. The summed E-state index contributed by atoms with van der Waals surface area (Å²) in [5.74, 6) is -0.949. The van der Waals surface area contributed by atoms with Crippen LogP contribution >= 0.6 is 0 Å². The van der Waals surface area contributed by atoms with Gasteiger partial charge in [-0.3, -0.25) is 4.79 Å². The highest BCUT2D eigenvalue weighted by molar-refractivity contribution is 6.08. The van der Waals surface area contributed by atoms with Crippen molar-refractivity contribution in [2.45, 2.75) is 56.8 Å². The van der Waals surface area contributed by atoms with Gasteiger partial charge in [-0.25, -0.2) is 0 Å². The molecule has 0 unspecified atom stereocenters. The summed E-state index contributed by atoms with van der Waals surface area (Å²) in [7, 11) is 0. The third kappa shape index (κ3) is 3.51. The van der Waals surface area contributed by atoms with Crippen LogP contribution in [0.5, 0.6) is 17.2 Å². The standard InChI is InChI=1S/C21H24O10/c1-7-14-11(16(24)8(2)29-7)4-9-3-10(23)5-12(15(9)18(14)26)30-21-20(28)19(27)17(25)13(6-22)31-21/h3-5,7-8,13,17,19-23,25-28H,6H2,1-2H3/t7-,8-,13-,17-,19+,20-,21-/m1/s1. The molecule has 4 rings (SSSR count). The van der Waals surface area contributed by atoms with Gasteiger partial charge in [0.15, 0.2) is 5.78 Å². The zero-order valence-electron chi connectivity index (χ0n) is 16.8. The zero-order chi connectivity index (χ0) is 22.6. The Balaban J connectivity index is 1.82. The van der Waals surface area contributed by atoms with Gasteiger partial charge in [-0.05, 0) is 31.4 Å². The summed E-state index contributed by atoms with van der Waals surface area (Å²) in [5, 5.41) is 61.1. The molecule has 2 heterocycles. The van der Waals surface area contributed by atoms with Crippen LogP contribution in [0.2, 0.25) is 0 Å². The van der Waals surface area contributed by atoms with E-state index < -0.39 is 49.5 Å². The molecular formula is C21H24O10. The second-order valence-electron chi connectivity index (χ2n) is 7.83. The number of phenols is 2. The number of ether oxygens (including phenoxy) is 3. The van der Waals surface area contributed by atoms with E-state index >= 15 is 0 Å². The lowest BCUT2D eigenvalue weighted by Gasteiger charge is -2.39. The van der Waals surface area contributed by atoms with E-state index in [9.17, 15) is 35.4 Å². The first-order valence-corrected chi connectivity index (χ1v) is 9.83. The molecule has 2 aromatic carbocycles. The van der Waals surface area contributed by atoms with Gasteiger partial charge in [0.05, 0.1) is 18.1 Å². The van der Waals surface area contributed by atoms with E-state index in [1.807, 2.05) is 0 Å². The number of hydrogen-bond acceptors (Lipinski definition) is 10. The van der Waals surface area contributed by atoms with Crippen LogP contribution < -0.4 is 4.74 Å². The number of ketones is 1. The molecule has 0 radical (unpaired) electrons. The van der Waals surface area contributed by atoms with Gasteiger partial charge in [-0.1, -0.05) is 0 Å². The van der Waals surface area contributed by atoms with Gasteiger partial charge in [0.1, 0.15) is 47.8 Å². The Morgan fingerprint density at radius 3 is 2.35 bits per heavy atom. The predicted molar refractivity (Wildman–Crippen MR) is 105 cm³/mol. The minimum absolute atomic E-state index is 0.0992. The molecule has 0 bridgehead atoms. The minimum Gasteiger partial charge on any atom is -0.508 e. The molecule has 1 fully saturated rings. The van der Waals surface area contributed by atoms with Gasteiger partial charge in [0.25, 0.3) is 0 Å². The van der Waals surface area contributed by atoms with Crippen molar-refractivity contribution in [2.75, 3.05) is 6.61 Å². The van der Waals surface area contributed by atoms with Crippen LogP contribution in [0.4, 0.5) is 0 Å². The third-order valence-electron chi connectivity index (χ3n) is 5.74. The number of rotatable bonds is 3. The number of Topliss-reactive ketones (excluding diaryl/α,β-unsaturated/α-hetero) is 1. The van der Waals surface area contributed by atoms with Gasteiger partial charge < -0.3 is 44.8 Å². The first-order chi connectivity index (χ1) is 14.6. The maximum Gasteiger partial charge on any atom is 0.229 e. The maximum absolute atomic E-state index is 12.6. The molecule has 31 heavy (non-hydrogen) atoms. The van der Waals surface area contributed by atoms with Crippen molar-refractivity contribution in [1.82, 2.24) is 0 Å². The number of aliphatic hydroxyl groups excluding tert-OH is 4. The second-order valence-corrected chi connectivity index (χ2v) is 7.83. The number of phenolic OH excluding ortho intramolecular Hbond substituents is 2. The van der Waals surface area contributed by atoms with Crippen LogP contribution in [0.15, 0.2) is 18.2 Å². The third-order valence-corrected chi connectivity index (χ3v) is 5.74. The fourth-order valence-electron chi connectivity index (χ4n) is 4.14. The van der Waals surface area contributed by atoms with Gasteiger partial charge in [-0.2, -0.15) is 0 Å². The van der Waals surface area contributed by atoms with E-state index in [1.165, 1.54) is 18.2 Å². The second kappa shape index (κ2) is 7.90. The number of carbonyl (C=O) groups is 1. The molecule has 168 valence electrons. The molecule has 2 aromatic rings. The van der Waals surface area contributed by atoms with E-state index in [0.29, 0.717) is 5.39 Å². The van der Waals surface area contributed by atoms with Crippen molar-refractivity contribution in [3.05, 3.63) is 29.3 Å². The van der Waals surface area contributed by atoms with E-state index in [0.717, 1.165) is 0 Å². The SMILES string of the molecule is C[C@H]1O[C@H](C)c2c(cc3cc(O)cc(O[C@@H]4O[C@H](CO)[C@@H](O)[C@H](O)[C@H]4O)c3c2O)C1=O. The highest BCUT2D eigenvalue weighted by Crippen LogP contribution is 2.46. The number of fused-ring (bicyclic) bond motifs is 2. The Hall–Kier alpha value is -2.47. The van der Waals surface area contributed by atoms with Crippen LogP contribution in [-0.2, 0) is 9.47 Å². The maximum atomic E-state index is 12.6. The Bertz CT molecular complexity index is 1020. The van der Waals surface area contributed by atoms with Crippen molar-refractivity contribution in [2.24, 2.45) is 0 Å². The fourth-order valence-corrected chi connectivity index (χ4v) is 4.14. The van der Waals surface area contributed by atoms with E-state index in [-0.39, 0.29) is 39.5 Å². The van der Waals surface area contributed by atoms with Crippen molar-refractivity contribution < 1.29 is 49.6 Å². The molecule has 10 heteroatoms. The molecule has 0 aromatic heterocycles. The smallest absolute Gasteiger partial charge is 0.229 e. The summed E-state index contributed by atoms with van der Waals surface area (Å²) in [6.45, 7) is 2.66. The Labute approximate surface area is 176 Å². The summed E-state index contributed by atoms with van der Waals surface area (Å²) in [6, 6.07) is 4.03. The highest BCUT2D eigenvalue weighted by Gasteiger charge is 2.45. The van der Waals surface area contributed by atoms with Gasteiger partial charge in [0, 0.05) is 17.2 Å². The van der Waals surface area contributed by atoms with E-state index in [2.05, 4.69) is 0 Å². The molecule has 7 atom stereocenters. The molecule has 0 saturated carbocycles. The Morgan fingerprint density at radius 1 is 0.968 bits per heavy atom. The average molecular weight is 436 g/mol. The zero-order valence-corrected chi connectivity index (χ0v) is 16.8. The molecule has 0 aliphatic carbocycles. The van der Waals surface area contributed by atoms with Crippen molar-refractivity contribution in [1.29, 1.82) is 0 Å². The van der Waals surface area contributed by atoms with Crippen LogP contribution in [0.25, 0.3) is 10.8 Å². The summed E-state index contributed by atoms with van der Waals surface area (Å²) < 4.78 is 16.6. The first kappa shape index (κ1) is 21.8. The summed E-state index contributed by atoms with van der Waals surface area (Å²) in [4.78, 5) is 12.6. The van der Waals surface area contributed by atoms with E-state index in [1.54, 1.807) is 13.8 Å². The van der Waals surface area contributed by atoms with Crippen molar-refractivity contribution >= 4 is 16.6 Å².